The first-order chi connectivity index (χ1) is 12.1. The van der Waals surface area contributed by atoms with Gasteiger partial charge in [0.15, 0.2) is 5.69 Å². The molecule has 6 nitrogen and oxygen atoms in total. The number of rotatable bonds is 3. The highest BCUT2D eigenvalue weighted by Crippen LogP contribution is 2.25. The summed E-state index contributed by atoms with van der Waals surface area (Å²) in [5, 5.41) is 13.1. The Balaban J connectivity index is 1.72. The summed E-state index contributed by atoms with van der Waals surface area (Å²) in [7, 11) is 0. The van der Waals surface area contributed by atoms with Crippen LogP contribution in [0, 0.1) is 13.8 Å². The molecule has 0 radical (unpaired) electrons. The molecule has 0 N–H and O–H groups in total. The lowest BCUT2D eigenvalue weighted by Crippen LogP contribution is -1.99. The highest BCUT2D eigenvalue weighted by Gasteiger charge is 2.19. The van der Waals surface area contributed by atoms with Crippen LogP contribution in [0.2, 0.25) is 5.02 Å². The molecule has 0 bridgehead atoms. The molecule has 0 aliphatic heterocycles. The van der Waals surface area contributed by atoms with Gasteiger partial charge in [0, 0.05) is 10.6 Å². The average molecular weight is 352 g/mol. The fourth-order valence-corrected chi connectivity index (χ4v) is 2.68. The Morgan fingerprint density at radius 1 is 1.04 bits per heavy atom. The molecule has 25 heavy (non-hydrogen) atoms. The highest BCUT2D eigenvalue weighted by molar-refractivity contribution is 6.31. The minimum atomic E-state index is 0.334. The van der Waals surface area contributed by atoms with Gasteiger partial charge in [-0.1, -0.05) is 58.4 Å². The first-order valence-corrected chi connectivity index (χ1v) is 8.09. The second-order valence-corrected chi connectivity index (χ2v) is 6.07. The van der Waals surface area contributed by atoms with Crippen molar-refractivity contribution in [2.45, 2.75) is 13.8 Å². The van der Waals surface area contributed by atoms with E-state index in [1.165, 1.54) is 0 Å². The van der Waals surface area contributed by atoms with E-state index in [4.69, 9.17) is 16.1 Å². The molecule has 0 amide bonds. The molecule has 4 aromatic rings. The predicted octanol–water partition coefficient (Wildman–Crippen LogP) is 4.25. The molecule has 0 aliphatic carbocycles. The SMILES string of the molecule is Cc1ccc(-n2nnc(-c3nc(-c4ccccc4)no3)c2C)cc1Cl. The summed E-state index contributed by atoms with van der Waals surface area (Å²) in [5.74, 6) is 0.851. The van der Waals surface area contributed by atoms with Crippen LogP contribution >= 0.6 is 11.6 Å². The summed E-state index contributed by atoms with van der Waals surface area (Å²) in [6, 6.07) is 15.4. The molecule has 0 unspecified atom stereocenters. The second-order valence-electron chi connectivity index (χ2n) is 5.66. The lowest BCUT2D eigenvalue weighted by atomic mass is 10.2. The fraction of sp³-hybridized carbons (Fsp3) is 0.111. The van der Waals surface area contributed by atoms with Crippen molar-refractivity contribution in [1.82, 2.24) is 25.1 Å². The van der Waals surface area contributed by atoms with E-state index in [1.54, 1.807) is 4.68 Å². The minimum absolute atomic E-state index is 0.334. The van der Waals surface area contributed by atoms with Crippen LogP contribution < -0.4 is 0 Å². The van der Waals surface area contributed by atoms with E-state index in [9.17, 15) is 0 Å². The first kappa shape index (κ1) is 15.5. The number of halogens is 1. The molecule has 7 heteroatoms. The maximum atomic E-state index is 6.21. The van der Waals surface area contributed by atoms with Crippen molar-refractivity contribution in [2.75, 3.05) is 0 Å². The third-order valence-corrected chi connectivity index (χ3v) is 4.36. The number of hydrogen-bond donors (Lipinski definition) is 0. The third-order valence-electron chi connectivity index (χ3n) is 3.96. The normalized spacial score (nSPS) is 11.0. The summed E-state index contributed by atoms with van der Waals surface area (Å²) in [6.07, 6.45) is 0. The smallest absolute Gasteiger partial charge is 0.280 e. The van der Waals surface area contributed by atoms with Crippen LogP contribution in [-0.2, 0) is 0 Å². The lowest BCUT2D eigenvalue weighted by Gasteiger charge is -2.05. The highest BCUT2D eigenvalue weighted by atomic mass is 35.5. The van der Waals surface area contributed by atoms with Gasteiger partial charge in [0.25, 0.3) is 5.89 Å². The Bertz CT molecular complexity index is 1040. The van der Waals surface area contributed by atoms with Crippen LogP contribution in [0.15, 0.2) is 53.1 Å². The molecule has 0 saturated heterocycles. The largest absolute Gasteiger partial charge is 0.332 e. The van der Waals surface area contributed by atoms with Crippen molar-refractivity contribution in [3.8, 4) is 28.7 Å². The molecule has 2 aromatic heterocycles. The molecule has 0 saturated carbocycles. The number of hydrogen-bond acceptors (Lipinski definition) is 5. The number of aromatic nitrogens is 5. The first-order valence-electron chi connectivity index (χ1n) is 7.72. The van der Waals surface area contributed by atoms with E-state index in [-0.39, 0.29) is 0 Å². The molecule has 0 fully saturated rings. The van der Waals surface area contributed by atoms with Gasteiger partial charge in [0.05, 0.1) is 11.4 Å². The van der Waals surface area contributed by atoms with Crippen molar-refractivity contribution < 1.29 is 4.52 Å². The van der Waals surface area contributed by atoms with Crippen LogP contribution in [0.5, 0.6) is 0 Å². The Kier molecular flexibility index (Phi) is 3.82. The van der Waals surface area contributed by atoms with Gasteiger partial charge in [-0.25, -0.2) is 4.68 Å². The average Bonchev–Trinajstić information content (AvgIpc) is 3.25. The van der Waals surface area contributed by atoms with Gasteiger partial charge in [-0.15, -0.1) is 5.10 Å². The van der Waals surface area contributed by atoms with Crippen molar-refractivity contribution in [3.05, 3.63) is 64.8 Å². The molecule has 4 rings (SSSR count). The number of nitrogens with zero attached hydrogens (tertiary/aromatic N) is 5. The van der Waals surface area contributed by atoms with Gasteiger partial charge < -0.3 is 4.52 Å². The minimum Gasteiger partial charge on any atom is -0.332 e. The zero-order chi connectivity index (χ0) is 17.4. The van der Waals surface area contributed by atoms with Gasteiger partial charge in [-0.2, -0.15) is 4.98 Å². The number of benzene rings is 2. The summed E-state index contributed by atoms with van der Waals surface area (Å²) in [4.78, 5) is 4.43. The molecule has 0 spiro atoms. The maximum Gasteiger partial charge on any atom is 0.280 e. The Morgan fingerprint density at radius 3 is 2.60 bits per heavy atom. The second kappa shape index (κ2) is 6.14. The van der Waals surface area contributed by atoms with Crippen molar-refractivity contribution in [1.29, 1.82) is 0 Å². The molecule has 124 valence electrons. The van der Waals surface area contributed by atoms with Crippen molar-refractivity contribution in [2.24, 2.45) is 0 Å². The zero-order valence-corrected chi connectivity index (χ0v) is 14.4. The topological polar surface area (TPSA) is 69.6 Å². The molecule has 2 heterocycles. The monoisotopic (exact) mass is 351 g/mol. The van der Waals surface area contributed by atoms with Crippen LogP contribution in [0.1, 0.15) is 11.3 Å². The van der Waals surface area contributed by atoms with E-state index in [2.05, 4.69) is 20.5 Å². The van der Waals surface area contributed by atoms with Gasteiger partial charge in [0.1, 0.15) is 0 Å². The van der Waals surface area contributed by atoms with Gasteiger partial charge in [0.2, 0.25) is 5.82 Å². The summed E-state index contributed by atoms with van der Waals surface area (Å²) < 4.78 is 7.08. The Morgan fingerprint density at radius 2 is 1.84 bits per heavy atom. The predicted molar refractivity (Wildman–Crippen MR) is 94.6 cm³/mol. The molecule has 0 aliphatic rings. The summed E-state index contributed by atoms with van der Waals surface area (Å²) in [6.45, 7) is 3.85. The fourth-order valence-electron chi connectivity index (χ4n) is 2.51. The summed E-state index contributed by atoms with van der Waals surface area (Å²) in [5.41, 5.74) is 4.06. The van der Waals surface area contributed by atoms with Gasteiger partial charge in [-0.05, 0) is 31.5 Å². The van der Waals surface area contributed by atoms with Crippen LogP contribution in [0.4, 0.5) is 0 Å². The third kappa shape index (κ3) is 2.81. The van der Waals surface area contributed by atoms with E-state index in [0.717, 1.165) is 22.5 Å². The Hall–Kier alpha value is -2.99. The van der Waals surface area contributed by atoms with Crippen LogP contribution in [0.25, 0.3) is 28.7 Å². The molecule has 2 aromatic carbocycles. The zero-order valence-electron chi connectivity index (χ0n) is 13.6. The molecule has 0 atom stereocenters. The Labute approximate surface area is 149 Å². The molecular formula is C18H14ClN5O. The molecular weight excluding hydrogens is 338 g/mol. The lowest BCUT2D eigenvalue weighted by molar-refractivity contribution is 0.430. The maximum absolute atomic E-state index is 6.21. The van der Waals surface area contributed by atoms with Crippen LogP contribution in [-0.4, -0.2) is 25.1 Å². The van der Waals surface area contributed by atoms with E-state index in [1.807, 2.05) is 62.4 Å². The standard InChI is InChI=1S/C18H14ClN5O/c1-11-8-9-14(10-15(11)19)24-12(2)16(21-23-24)18-20-17(22-25-18)13-6-4-3-5-7-13/h3-10H,1-2H3. The van der Waals surface area contributed by atoms with Crippen molar-refractivity contribution >= 4 is 11.6 Å². The van der Waals surface area contributed by atoms with Crippen molar-refractivity contribution in [3.63, 3.8) is 0 Å². The number of aryl methyl sites for hydroxylation is 1. The van der Waals surface area contributed by atoms with E-state index >= 15 is 0 Å². The summed E-state index contributed by atoms with van der Waals surface area (Å²) >= 11 is 6.21. The quantitative estimate of drug-likeness (QED) is 0.551. The van der Waals surface area contributed by atoms with Gasteiger partial charge in [-0.3, -0.25) is 0 Å². The van der Waals surface area contributed by atoms with Crippen LogP contribution in [0.3, 0.4) is 0 Å². The van der Waals surface area contributed by atoms with Gasteiger partial charge >= 0.3 is 0 Å². The van der Waals surface area contributed by atoms with E-state index < -0.39 is 0 Å². The van der Waals surface area contributed by atoms with E-state index in [0.29, 0.717) is 22.4 Å².